The molecule has 0 saturated carbocycles. The molecule has 0 spiro atoms. The number of hydrogen-bond donors (Lipinski definition) is 0. The summed E-state index contributed by atoms with van der Waals surface area (Å²) < 4.78 is 7.50. The summed E-state index contributed by atoms with van der Waals surface area (Å²) in [5.74, 6) is 1.000. The van der Waals surface area contributed by atoms with Gasteiger partial charge in [0.2, 0.25) is 5.91 Å². The molecule has 1 aliphatic heterocycles. The zero-order valence-corrected chi connectivity index (χ0v) is 19.4. The van der Waals surface area contributed by atoms with E-state index in [1.165, 1.54) is 0 Å². The summed E-state index contributed by atoms with van der Waals surface area (Å²) in [5.41, 5.74) is 4.12. The number of carbonyl (C=O) groups excluding carboxylic acids is 1. The van der Waals surface area contributed by atoms with Crippen LogP contribution in [0.4, 0.5) is 5.69 Å². The summed E-state index contributed by atoms with van der Waals surface area (Å²) >= 11 is 1.60. The third kappa shape index (κ3) is 4.50. The number of para-hydroxylation sites is 2. The van der Waals surface area contributed by atoms with E-state index in [0.29, 0.717) is 19.6 Å². The summed E-state index contributed by atoms with van der Waals surface area (Å²) in [6, 6.07) is 22.2. The molecule has 4 aromatic rings. The standard InChI is InChI=1S/C26H26N4O2S/c1-32-24-12-6-5-10-22(24)28-14-16-29(17-15-28)25(31)18-30-13-7-11-23(30)26-27-21(19-33-26)20-8-3-2-4-9-20/h2-13,19H,14-18H2,1H3. The van der Waals surface area contributed by atoms with E-state index in [4.69, 9.17) is 9.72 Å². The summed E-state index contributed by atoms with van der Waals surface area (Å²) in [5, 5.41) is 2.99. The van der Waals surface area contributed by atoms with Gasteiger partial charge in [-0.2, -0.15) is 0 Å². The van der Waals surface area contributed by atoms with Crippen molar-refractivity contribution in [2.75, 3.05) is 38.2 Å². The second kappa shape index (κ2) is 9.50. The van der Waals surface area contributed by atoms with Crippen LogP contribution in [-0.4, -0.2) is 53.6 Å². The van der Waals surface area contributed by atoms with Gasteiger partial charge in [-0.15, -0.1) is 11.3 Å². The SMILES string of the molecule is COc1ccccc1N1CCN(C(=O)Cn2cccc2-c2nc(-c3ccccc3)cs2)CC1. The average Bonchev–Trinajstić information content (AvgIpc) is 3.54. The fraction of sp³-hybridized carbons (Fsp3) is 0.231. The first kappa shape index (κ1) is 21.3. The molecule has 1 saturated heterocycles. The van der Waals surface area contributed by atoms with Crippen LogP contribution in [0.15, 0.2) is 78.3 Å². The lowest BCUT2D eigenvalue weighted by Crippen LogP contribution is -2.49. The molecule has 6 nitrogen and oxygen atoms in total. The van der Waals surface area contributed by atoms with Crippen LogP contribution in [0.2, 0.25) is 0 Å². The van der Waals surface area contributed by atoms with Crippen LogP contribution < -0.4 is 9.64 Å². The first-order chi connectivity index (χ1) is 16.2. The highest BCUT2D eigenvalue weighted by Crippen LogP contribution is 2.30. The molecule has 33 heavy (non-hydrogen) atoms. The lowest BCUT2D eigenvalue weighted by molar-refractivity contribution is -0.132. The number of piperazine rings is 1. The minimum atomic E-state index is 0.131. The molecular formula is C26H26N4O2S. The van der Waals surface area contributed by atoms with E-state index in [2.05, 4.69) is 28.5 Å². The van der Waals surface area contributed by atoms with E-state index in [9.17, 15) is 4.79 Å². The predicted octanol–water partition coefficient (Wildman–Crippen LogP) is 4.64. The Morgan fingerprint density at radius 1 is 0.970 bits per heavy atom. The first-order valence-electron chi connectivity index (χ1n) is 11.0. The number of thiazole rings is 1. The molecule has 3 heterocycles. The molecule has 0 bridgehead atoms. The maximum Gasteiger partial charge on any atom is 0.242 e. The Balaban J connectivity index is 1.24. The van der Waals surface area contributed by atoms with Gasteiger partial charge in [0, 0.05) is 43.3 Å². The second-order valence-corrected chi connectivity index (χ2v) is 8.82. The quantitative estimate of drug-likeness (QED) is 0.423. The van der Waals surface area contributed by atoms with E-state index in [-0.39, 0.29) is 5.91 Å². The van der Waals surface area contributed by atoms with E-state index < -0.39 is 0 Å². The third-order valence-corrected chi connectivity index (χ3v) is 6.85. The summed E-state index contributed by atoms with van der Waals surface area (Å²) in [4.78, 5) is 22.1. The largest absolute Gasteiger partial charge is 0.495 e. The number of carbonyl (C=O) groups is 1. The van der Waals surface area contributed by atoms with Crippen molar-refractivity contribution in [1.29, 1.82) is 0 Å². The van der Waals surface area contributed by atoms with Gasteiger partial charge in [-0.25, -0.2) is 4.98 Å². The maximum absolute atomic E-state index is 13.1. The first-order valence-corrected chi connectivity index (χ1v) is 11.9. The number of amides is 1. The van der Waals surface area contributed by atoms with Crippen LogP contribution in [-0.2, 0) is 11.3 Å². The van der Waals surface area contributed by atoms with Crippen LogP contribution in [0.1, 0.15) is 0 Å². The summed E-state index contributed by atoms with van der Waals surface area (Å²) in [6.45, 7) is 3.29. The van der Waals surface area contributed by atoms with Crippen molar-refractivity contribution in [2.24, 2.45) is 0 Å². The van der Waals surface area contributed by atoms with Gasteiger partial charge in [0.15, 0.2) is 0 Å². The van der Waals surface area contributed by atoms with E-state index in [1.54, 1.807) is 18.4 Å². The van der Waals surface area contributed by atoms with E-state index in [0.717, 1.165) is 46.5 Å². The van der Waals surface area contributed by atoms with Gasteiger partial charge in [-0.05, 0) is 24.3 Å². The number of anilines is 1. The van der Waals surface area contributed by atoms with E-state index >= 15 is 0 Å². The minimum absolute atomic E-state index is 0.131. The van der Waals surface area contributed by atoms with Gasteiger partial charge < -0.3 is 19.1 Å². The fourth-order valence-electron chi connectivity index (χ4n) is 4.21. The van der Waals surface area contributed by atoms with Crippen molar-refractivity contribution in [1.82, 2.24) is 14.5 Å². The number of nitrogens with zero attached hydrogens (tertiary/aromatic N) is 4. The molecular weight excluding hydrogens is 432 g/mol. The number of benzene rings is 2. The number of ether oxygens (including phenoxy) is 1. The van der Waals surface area contributed by atoms with Gasteiger partial charge in [0.05, 0.1) is 24.2 Å². The van der Waals surface area contributed by atoms with Gasteiger partial charge in [-0.1, -0.05) is 42.5 Å². The molecule has 2 aromatic carbocycles. The Hall–Kier alpha value is -3.58. The second-order valence-electron chi connectivity index (χ2n) is 7.96. The number of aromatic nitrogens is 2. The number of hydrogen-bond acceptors (Lipinski definition) is 5. The molecule has 0 radical (unpaired) electrons. The molecule has 1 aliphatic rings. The highest BCUT2D eigenvalue weighted by Gasteiger charge is 2.23. The molecule has 1 amide bonds. The van der Waals surface area contributed by atoms with Crippen LogP contribution in [0.25, 0.3) is 22.0 Å². The maximum atomic E-state index is 13.1. The minimum Gasteiger partial charge on any atom is -0.495 e. The summed E-state index contributed by atoms with van der Waals surface area (Å²) in [7, 11) is 1.69. The monoisotopic (exact) mass is 458 g/mol. The molecule has 0 N–H and O–H groups in total. The Labute approximate surface area is 197 Å². The van der Waals surface area contributed by atoms with Crippen molar-refractivity contribution in [2.45, 2.75) is 6.54 Å². The smallest absolute Gasteiger partial charge is 0.242 e. The normalized spacial score (nSPS) is 13.8. The Morgan fingerprint density at radius 2 is 1.73 bits per heavy atom. The van der Waals surface area contributed by atoms with Gasteiger partial charge in [0.25, 0.3) is 0 Å². The molecule has 0 atom stereocenters. The summed E-state index contributed by atoms with van der Waals surface area (Å²) in [6.07, 6.45) is 1.96. The van der Waals surface area contributed by atoms with Crippen molar-refractivity contribution in [3.8, 4) is 27.7 Å². The fourth-order valence-corrected chi connectivity index (χ4v) is 5.08. The molecule has 1 fully saturated rings. The molecule has 5 rings (SSSR count). The molecule has 168 valence electrons. The van der Waals surface area contributed by atoms with Gasteiger partial charge >= 0.3 is 0 Å². The lowest BCUT2D eigenvalue weighted by atomic mass is 10.2. The van der Waals surface area contributed by atoms with Crippen molar-refractivity contribution in [3.05, 3.63) is 78.3 Å². The van der Waals surface area contributed by atoms with Gasteiger partial charge in [-0.3, -0.25) is 4.79 Å². The number of methoxy groups -OCH3 is 1. The lowest BCUT2D eigenvalue weighted by Gasteiger charge is -2.36. The van der Waals surface area contributed by atoms with Crippen molar-refractivity contribution < 1.29 is 9.53 Å². The Kier molecular flexibility index (Phi) is 6.13. The predicted molar refractivity (Wildman–Crippen MR) is 133 cm³/mol. The topological polar surface area (TPSA) is 50.6 Å². The Morgan fingerprint density at radius 3 is 2.52 bits per heavy atom. The zero-order chi connectivity index (χ0) is 22.6. The highest BCUT2D eigenvalue weighted by molar-refractivity contribution is 7.13. The van der Waals surface area contributed by atoms with Crippen molar-refractivity contribution in [3.63, 3.8) is 0 Å². The molecule has 7 heteroatoms. The zero-order valence-electron chi connectivity index (χ0n) is 18.6. The molecule has 0 aliphatic carbocycles. The third-order valence-electron chi connectivity index (χ3n) is 5.99. The van der Waals surface area contributed by atoms with Crippen LogP contribution in [0.3, 0.4) is 0 Å². The number of rotatable bonds is 6. The van der Waals surface area contributed by atoms with Crippen LogP contribution >= 0.6 is 11.3 Å². The highest BCUT2D eigenvalue weighted by atomic mass is 32.1. The molecule has 0 unspecified atom stereocenters. The van der Waals surface area contributed by atoms with Crippen LogP contribution in [0, 0.1) is 0 Å². The Bertz CT molecular complexity index is 1230. The average molecular weight is 459 g/mol. The molecule has 2 aromatic heterocycles. The van der Waals surface area contributed by atoms with Crippen molar-refractivity contribution >= 4 is 22.9 Å². The van der Waals surface area contributed by atoms with Crippen LogP contribution in [0.5, 0.6) is 5.75 Å². The van der Waals surface area contributed by atoms with E-state index in [1.807, 2.05) is 64.2 Å². The van der Waals surface area contributed by atoms with Gasteiger partial charge in [0.1, 0.15) is 17.3 Å².